The van der Waals surface area contributed by atoms with E-state index in [9.17, 15) is 4.79 Å². The number of anilines is 1. The van der Waals surface area contributed by atoms with Crippen LogP contribution in [0.3, 0.4) is 0 Å². The number of nitrogens with one attached hydrogen (secondary N) is 1. The zero-order chi connectivity index (χ0) is 14.7. The van der Waals surface area contributed by atoms with Crippen LogP contribution in [0.4, 0.5) is 5.69 Å². The van der Waals surface area contributed by atoms with E-state index in [0.29, 0.717) is 10.6 Å². The van der Waals surface area contributed by atoms with E-state index >= 15 is 0 Å². The first-order chi connectivity index (χ1) is 10.2. The molecule has 1 N–H and O–H groups in total. The van der Waals surface area contributed by atoms with E-state index < -0.39 is 0 Å². The maximum Gasteiger partial charge on any atom is 0.253 e. The molecule has 4 nitrogen and oxygen atoms in total. The van der Waals surface area contributed by atoms with Gasteiger partial charge in [0.25, 0.3) is 5.91 Å². The maximum absolute atomic E-state index is 12.4. The SMILES string of the molecule is O=C(c1ccc(Cl)cc1)N1CCN(c2cc[nH+]cc2)CC1. The molecular weight excluding hydrogens is 286 g/mol. The molecule has 1 fully saturated rings. The second kappa shape index (κ2) is 6.14. The quantitative estimate of drug-likeness (QED) is 0.852. The third kappa shape index (κ3) is 3.16. The molecule has 1 amide bonds. The van der Waals surface area contributed by atoms with E-state index in [1.165, 1.54) is 5.69 Å². The van der Waals surface area contributed by atoms with Crippen LogP contribution in [0.2, 0.25) is 5.02 Å². The first kappa shape index (κ1) is 13.9. The third-order valence-electron chi connectivity index (χ3n) is 3.72. The predicted molar refractivity (Wildman–Crippen MR) is 82.6 cm³/mol. The summed E-state index contributed by atoms with van der Waals surface area (Å²) in [5, 5.41) is 0.650. The lowest BCUT2D eigenvalue weighted by molar-refractivity contribution is -0.377. The van der Waals surface area contributed by atoms with Crippen LogP contribution in [0, 0.1) is 0 Å². The summed E-state index contributed by atoms with van der Waals surface area (Å²) in [6.45, 7) is 3.17. The molecule has 0 radical (unpaired) electrons. The molecule has 0 bridgehead atoms. The number of aromatic amines is 1. The highest BCUT2D eigenvalue weighted by Crippen LogP contribution is 2.16. The minimum Gasteiger partial charge on any atom is -0.368 e. The number of halogens is 1. The molecule has 1 aliphatic rings. The van der Waals surface area contributed by atoms with Gasteiger partial charge in [-0.3, -0.25) is 4.79 Å². The Morgan fingerprint density at radius 3 is 2.19 bits per heavy atom. The van der Waals surface area contributed by atoms with Crippen molar-refractivity contribution in [1.29, 1.82) is 0 Å². The van der Waals surface area contributed by atoms with Gasteiger partial charge in [-0.05, 0) is 24.3 Å². The molecule has 0 spiro atoms. The van der Waals surface area contributed by atoms with Gasteiger partial charge in [0.05, 0.1) is 0 Å². The van der Waals surface area contributed by atoms with Crippen molar-refractivity contribution in [2.75, 3.05) is 31.1 Å². The molecule has 5 heteroatoms. The molecule has 1 aliphatic heterocycles. The standard InChI is InChI=1S/C16H16ClN3O/c17-14-3-1-13(2-4-14)16(21)20-11-9-19(10-12-20)15-5-7-18-8-6-15/h1-8H,9-12H2/p+1. The third-order valence-corrected chi connectivity index (χ3v) is 3.98. The fourth-order valence-corrected chi connectivity index (χ4v) is 2.66. The number of hydrogen-bond donors (Lipinski definition) is 0. The second-order valence-corrected chi connectivity index (χ2v) is 5.48. The molecule has 2 heterocycles. The Kier molecular flexibility index (Phi) is 4.06. The van der Waals surface area contributed by atoms with Crippen molar-refractivity contribution in [2.24, 2.45) is 0 Å². The molecule has 21 heavy (non-hydrogen) atoms. The Morgan fingerprint density at radius 2 is 1.57 bits per heavy atom. The van der Waals surface area contributed by atoms with Crippen LogP contribution in [-0.4, -0.2) is 37.0 Å². The minimum atomic E-state index is 0.0766. The van der Waals surface area contributed by atoms with Gasteiger partial charge >= 0.3 is 0 Å². The summed E-state index contributed by atoms with van der Waals surface area (Å²) in [7, 11) is 0. The van der Waals surface area contributed by atoms with Crippen molar-refractivity contribution in [2.45, 2.75) is 0 Å². The van der Waals surface area contributed by atoms with Gasteiger partial charge in [0.1, 0.15) is 0 Å². The Morgan fingerprint density at radius 1 is 0.952 bits per heavy atom. The molecule has 0 aliphatic carbocycles. The van der Waals surface area contributed by atoms with Crippen LogP contribution >= 0.6 is 11.6 Å². The average molecular weight is 303 g/mol. The lowest BCUT2D eigenvalue weighted by Gasteiger charge is -2.35. The number of benzene rings is 1. The zero-order valence-electron chi connectivity index (χ0n) is 11.6. The number of aromatic nitrogens is 1. The van der Waals surface area contributed by atoms with Gasteiger partial charge in [0.15, 0.2) is 12.4 Å². The van der Waals surface area contributed by atoms with Crippen molar-refractivity contribution in [1.82, 2.24) is 4.90 Å². The number of nitrogens with zero attached hydrogens (tertiary/aromatic N) is 2. The van der Waals surface area contributed by atoms with Crippen molar-refractivity contribution in [3.8, 4) is 0 Å². The summed E-state index contributed by atoms with van der Waals surface area (Å²) in [6.07, 6.45) is 3.83. The van der Waals surface area contributed by atoms with Crippen LogP contribution in [0.25, 0.3) is 0 Å². The normalized spacial score (nSPS) is 15.1. The summed E-state index contributed by atoms with van der Waals surface area (Å²) >= 11 is 5.85. The van der Waals surface area contributed by atoms with E-state index in [1.807, 2.05) is 17.3 Å². The van der Waals surface area contributed by atoms with Gasteiger partial charge in [-0.1, -0.05) is 11.6 Å². The van der Waals surface area contributed by atoms with Gasteiger partial charge in [0.2, 0.25) is 0 Å². The molecule has 1 aromatic heterocycles. The highest BCUT2D eigenvalue weighted by atomic mass is 35.5. The first-order valence-corrected chi connectivity index (χ1v) is 7.38. The van der Waals surface area contributed by atoms with Crippen LogP contribution in [0.5, 0.6) is 0 Å². The molecule has 1 aromatic carbocycles. The Bertz CT molecular complexity index is 607. The molecular formula is C16H17ClN3O+. The van der Waals surface area contributed by atoms with Gasteiger partial charge in [-0.25, -0.2) is 4.98 Å². The van der Waals surface area contributed by atoms with Crippen molar-refractivity contribution in [3.63, 3.8) is 0 Å². The largest absolute Gasteiger partial charge is 0.368 e. The fraction of sp³-hybridized carbons (Fsp3) is 0.250. The molecule has 3 rings (SSSR count). The van der Waals surface area contributed by atoms with E-state index in [4.69, 9.17) is 11.6 Å². The highest BCUT2D eigenvalue weighted by molar-refractivity contribution is 6.30. The van der Waals surface area contributed by atoms with Crippen molar-refractivity contribution in [3.05, 3.63) is 59.4 Å². The van der Waals surface area contributed by atoms with E-state index in [0.717, 1.165) is 26.2 Å². The Labute approximate surface area is 129 Å². The average Bonchev–Trinajstić information content (AvgIpc) is 2.56. The smallest absolute Gasteiger partial charge is 0.253 e. The van der Waals surface area contributed by atoms with Crippen LogP contribution in [0.15, 0.2) is 48.8 Å². The molecule has 0 saturated carbocycles. The number of piperazine rings is 1. The Balaban J connectivity index is 1.63. The maximum atomic E-state index is 12.4. The fourth-order valence-electron chi connectivity index (χ4n) is 2.53. The van der Waals surface area contributed by atoms with Crippen molar-refractivity contribution >= 4 is 23.2 Å². The summed E-state index contributed by atoms with van der Waals surface area (Å²) in [6, 6.07) is 11.2. The van der Waals surface area contributed by atoms with Gasteiger partial charge in [0, 0.05) is 54.6 Å². The van der Waals surface area contributed by atoms with Crippen LogP contribution in [-0.2, 0) is 0 Å². The molecule has 0 unspecified atom stereocenters. The lowest BCUT2D eigenvalue weighted by atomic mass is 10.2. The summed E-state index contributed by atoms with van der Waals surface area (Å²) < 4.78 is 0. The number of pyridine rings is 1. The van der Waals surface area contributed by atoms with Gasteiger partial charge in [-0.2, -0.15) is 0 Å². The van der Waals surface area contributed by atoms with Gasteiger partial charge < -0.3 is 9.80 Å². The number of hydrogen-bond acceptors (Lipinski definition) is 2. The Hall–Kier alpha value is -2.07. The number of H-pyrrole nitrogens is 1. The second-order valence-electron chi connectivity index (χ2n) is 5.04. The van der Waals surface area contributed by atoms with E-state index in [-0.39, 0.29) is 5.91 Å². The van der Waals surface area contributed by atoms with Gasteiger partial charge in [-0.15, -0.1) is 0 Å². The monoisotopic (exact) mass is 302 g/mol. The van der Waals surface area contributed by atoms with Crippen LogP contribution in [0.1, 0.15) is 10.4 Å². The number of rotatable bonds is 2. The van der Waals surface area contributed by atoms with E-state index in [1.54, 1.807) is 24.3 Å². The van der Waals surface area contributed by atoms with Crippen LogP contribution < -0.4 is 9.88 Å². The number of amides is 1. The molecule has 2 aromatic rings. The predicted octanol–water partition coefficient (Wildman–Crippen LogP) is 2.12. The number of carbonyl (C=O) groups is 1. The molecule has 108 valence electrons. The summed E-state index contributed by atoms with van der Waals surface area (Å²) in [5.41, 5.74) is 1.88. The van der Waals surface area contributed by atoms with E-state index in [2.05, 4.69) is 22.0 Å². The number of carbonyl (C=O) groups excluding carboxylic acids is 1. The highest BCUT2D eigenvalue weighted by Gasteiger charge is 2.22. The summed E-state index contributed by atoms with van der Waals surface area (Å²) in [4.78, 5) is 19.6. The minimum absolute atomic E-state index is 0.0766. The zero-order valence-corrected chi connectivity index (χ0v) is 12.4. The first-order valence-electron chi connectivity index (χ1n) is 7.00. The summed E-state index contributed by atoms with van der Waals surface area (Å²) in [5.74, 6) is 0.0766. The lowest BCUT2D eigenvalue weighted by Crippen LogP contribution is -2.48. The molecule has 1 saturated heterocycles. The molecule has 0 atom stereocenters. The topological polar surface area (TPSA) is 37.7 Å². The van der Waals surface area contributed by atoms with Crippen molar-refractivity contribution < 1.29 is 9.78 Å².